The number of hydrogen-bond donors (Lipinski definition) is 4. The molecule has 0 aliphatic carbocycles. The van der Waals surface area contributed by atoms with E-state index in [0.29, 0.717) is 43.2 Å². The summed E-state index contributed by atoms with van der Waals surface area (Å²) >= 11 is 0. The third-order valence-corrected chi connectivity index (χ3v) is 5.14. The fourth-order valence-corrected chi connectivity index (χ4v) is 3.22. The van der Waals surface area contributed by atoms with Gasteiger partial charge in [-0.2, -0.15) is 0 Å². The number of phenolic OH excluding ortho intramolecular Hbond substituents is 3. The van der Waals surface area contributed by atoms with Crippen molar-refractivity contribution in [2.24, 2.45) is 10.8 Å². The summed E-state index contributed by atoms with van der Waals surface area (Å²) < 4.78 is 0. The van der Waals surface area contributed by atoms with E-state index in [1.54, 1.807) is 13.8 Å². The summed E-state index contributed by atoms with van der Waals surface area (Å²) in [5.74, 6) is -1.29. The second-order valence-electron chi connectivity index (χ2n) is 9.38. The number of hydrogen-bond acceptors (Lipinski definition) is 4. The van der Waals surface area contributed by atoms with Crippen molar-refractivity contribution < 1.29 is 25.2 Å². The topological polar surface area (TPSA) is 98.0 Å². The van der Waals surface area contributed by atoms with Gasteiger partial charge in [0.1, 0.15) is 5.75 Å². The van der Waals surface area contributed by atoms with Gasteiger partial charge < -0.3 is 20.4 Å². The highest BCUT2D eigenvalue weighted by Gasteiger charge is 2.26. The predicted octanol–water partition coefficient (Wildman–Crippen LogP) is 5.39. The minimum absolute atomic E-state index is 0.0157. The van der Waals surface area contributed by atoms with Crippen molar-refractivity contribution >= 4 is 5.97 Å². The van der Waals surface area contributed by atoms with Crippen LogP contribution in [-0.4, -0.2) is 26.4 Å². The molecule has 0 saturated heterocycles. The van der Waals surface area contributed by atoms with E-state index in [9.17, 15) is 25.2 Å². The van der Waals surface area contributed by atoms with Crippen LogP contribution in [0.4, 0.5) is 0 Å². The van der Waals surface area contributed by atoms with Gasteiger partial charge in [0.25, 0.3) is 0 Å². The van der Waals surface area contributed by atoms with Crippen molar-refractivity contribution in [3.63, 3.8) is 0 Å². The number of aromatic hydroxyl groups is 3. The standard InChI is InChI=1S/C22H36O5/c1-21(2,3)12-8-6-10-15-16(19(25)18(24)14-17(15)23)11-7-9-13-22(4,5)20(26)27/h14,23-25H,6-13H2,1-5H3,(H,26,27). The molecular formula is C22H36O5. The molecule has 0 atom stereocenters. The lowest BCUT2D eigenvalue weighted by molar-refractivity contribution is -0.147. The van der Waals surface area contributed by atoms with Crippen LogP contribution in [0.15, 0.2) is 6.07 Å². The number of carbonyl (C=O) groups is 1. The predicted molar refractivity (Wildman–Crippen MR) is 107 cm³/mol. The van der Waals surface area contributed by atoms with Gasteiger partial charge in [0.2, 0.25) is 0 Å². The maximum absolute atomic E-state index is 11.2. The summed E-state index contributed by atoms with van der Waals surface area (Å²) in [4.78, 5) is 11.2. The van der Waals surface area contributed by atoms with Crippen LogP contribution < -0.4 is 0 Å². The van der Waals surface area contributed by atoms with Crippen molar-refractivity contribution in [3.05, 3.63) is 17.2 Å². The van der Waals surface area contributed by atoms with Gasteiger partial charge >= 0.3 is 5.97 Å². The molecule has 0 heterocycles. The first-order chi connectivity index (χ1) is 12.3. The van der Waals surface area contributed by atoms with Crippen LogP contribution in [0.5, 0.6) is 17.2 Å². The summed E-state index contributed by atoms with van der Waals surface area (Å²) in [6, 6.07) is 1.20. The quantitative estimate of drug-likeness (QED) is 0.248. The molecule has 1 aromatic rings. The van der Waals surface area contributed by atoms with Crippen LogP contribution in [0.3, 0.4) is 0 Å². The fourth-order valence-electron chi connectivity index (χ4n) is 3.22. The van der Waals surface area contributed by atoms with Crippen LogP contribution >= 0.6 is 0 Å². The van der Waals surface area contributed by atoms with Crippen molar-refractivity contribution in [1.82, 2.24) is 0 Å². The lowest BCUT2D eigenvalue weighted by Crippen LogP contribution is -2.23. The van der Waals surface area contributed by atoms with E-state index < -0.39 is 11.4 Å². The van der Waals surface area contributed by atoms with Gasteiger partial charge in [0, 0.05) is 17.2 Å². The van der Waals surface area contributed by atoms with E-state index in [1.807, 2.05) is 0 Å². The first-order valence-corrected chi connectivity index (χ1v) is 9.84. The number of benzene rings is 1. The summed E-state index contributed by atoms with van der Waals surface area (Å²) in [7, 11) is 0. The molecule has 154 valence electrons. The minimum Gasteiger partial charge on any atom is -0.508 e. The Hall–Kier alpha value is -1.91. The average Bonchev–Trinajstić information content (AvgIpc) is 2.53. The van der Waals surface area contributed by atoms with Crippen molar-refractivity contribution in [1.29, 1.82) is 0 Å². The van der Waals surface area contributed by atoms with E-state index in [4.69, 9.17) is 0 Å². The average molecular weight is 381 g/mol. The first kappa shape index (κ1) is 23.1. The van der Waals surface area contributed by atoms with Gasteiger partial charge in [0.15, 0.2) is 11.5 Å². The molecule has 0 aliphatic heterocycles. The van der Waals surface area contributed by atoms with Gasteiger partial charge in [-0.25, -0.2) is 0 Å². The third-order valence-electron chi connectivity index (χ3n) is 5.14. The van der Waals surface area contributed by atoms with E-state index in [-0.39, 0.29) is 22.7 Å². The normalized spacial score (nSPS) is 12.3. The van der Waals surface area contributed by atoms with Crippen LogP contribution in [0.1, 0.15) is 84.3 Å². The summed E-state index contributed by atoms with van der Waals surface area (Å²) in [5.41, 5.74) is 0.755. The molecule has 5 heteroatoms. The highest BCUT2D eigenvalue weighted by Crippen LogP contribution is 2.39. The molecule has 0 aliphatic rings. The zero-order valence-electron chi connectivity index (χ0n) is 17.4. The van der Waals surface area contributed by atoms with Gasteiger partial charge in [-0.05, 0) is 57.8 Å². The highest BCUT2D eigenvalue weighted by atomic mass is 16.4. The SMILES string of the molecule is CC(C)(C)CCCCc1c(O)cc(O)c(O)c1CCCCC(C)(C)C(=O)O. The molecule has 0 aromatic heterocycles. The zero-order chi connectivity index (χ0) is 20.8. The molecule has 0 amide bonds. The molecule has 0 bridgehead atoms. The van der Waals surface area contributed by atoms with Crippen LogP contribution in [-0.2, 0) is 17.6 Å². The van der Waals surface area contributed by atoms with Gasteiger partial charge in [-0.3, -0.25) is 4.79 Å². The molecule has 4 N–H and O–H groups in total. The van der Waals surface area contributed by atoms with Gasteiger partial charge in [-0.1, -0.05) is 33.6 Å². The number of unbranched alkanes of at least 4 members (excludes halogenated alkanes) is 2. The molecule has 1 aromatic carbocycles. The molecule has 0 saturated carbocycles. The van der Waals surface area contributed by atoms with Gasteiger partial charge in [-0.15, -0.1) is 0 Å². The highest BCUT2D eigenvalue weighted by molar-refractivity contribution is 5.73. The van der Waals surface area contributed by atoms with Crippen molar-refractivity contribution in [3.8, 4) is 17.2 Å². The molecule has 0 radical (unpaired) electrons. The lowest BCUT2D eigenvalue weighted by atomic mass is 9.86. The fraction of sp³-hybridized carbons (Fsp3) is 0.682. The van der Waals surface area contributed by atoms with Crippen LogP contribution in [0.2, 0.25) is 0 Å². The molecular weight excluding hydrogens is 344 g/mol. The van der Waals surface area contributed by atoms with Gasteiger partial charge in [0.05, 0.1) is 5.41 Å². The maximum Gasteiger partial charge on any atom is 0.309 e. The second-order valence-corrected chi connectivity index (χ2v) is 9.38. The Kier molecular flexibility index (Phi) is 8.00. The Bertz CT molecular complexity index is 641. The largest absolute Gasteiger partial charge is 0.508 e. The second kappa shape index (κ2) is 9.34. The number of carboxylic acids is 1. The Morgan fingerprint density at radius 3 is 1.85 bits per heavy atom. The molecule has 5 nitrogen and oxygen atoms in total. The Balaban J connectivity index is 2.77. The minimum atomic E-state index is -0.820. The molecule has 0 spiro atoms. The first-order valence-electron chi connectivity index (χ1n) is 9.84. The van der Waals surface area contributed by atoms with Crippen LogP contribution in [0, 0.1) is 10.8 Å². The van der Waals surface area contributed by atoms with E-state index in [2.05, 4.69) is 20.8 Å². The zero-order valence-corrected chi connectivity index (χ0v) is 17.4. The van der Waals surface area contributed by atoms with E-state index in [0.717, 1.165) is 19.3 Å². The monoisotopic (exact) mass is 380 g/mol. The Morgan fingerprint density at radius 2 is 1.33 bits per heavy atom. The summed E-state index contributed by atoms with van der Waals surface area (Å²) in [6.45, 7) is 9.99. The molecule has 0 unspecified atom stereocenters. The Morgan fingerprint density at radius 1 is 0.815 bits per heavy atom. The van der Waals surface area contributed by atoms with Crippen molar-refractivity contribution in [2.45, 2.75) is 86.0 Å². The number of aliphatic carboxylic acids is 1. The molecule has 1 rings (SSSR count). The third kappa shape index (κ3) is 7.31. The summed E-state index contributed by atoms with van der Waals surface area (Å²) in [6.07, 6.45) is 6.06. The van der Waals surface area contributed by atoms with Crippen molar-refractivity contribution in [2.75, 3.05) is 0 Å². The Labute approximate surface area is 163 Å². The van der Waals surface area contributed by atoms with E-state index >= 15 is 0 Å². The number of rotatable bonds is 10. The lowest BCUT2D eigenvalue weighted by Gasteiger charge is -2.20. The van der Waals surface area contributed by atoms with Crippen LogP contribution in [0.25, 0.3) is 0 Å². The van der Waals surface area contributed by atoms with E-state index in [1.165, 1.54) is 6.07 Å². The smallest absolute Gasteiger partial charge is 0.309 e. The molecule has 0 fully saturated rings. The maximum atomic E-state index is 11.2. The number of carboxylic acid groups (broad SMARTS) is 1. The summed E-state index contributed by atoms with van der Waals surface area (Å²) in [5, 5.41) is 39.6. The molecule has 27 heavy (non-hydrogen) atoms. The number of phenols is 3.